The summed E-state index contributed by atoms with van der Waals surface area (Å²) >= 11 is 3.38. The highest BCUT2D eigenvalue weighted by Gasteiger charge is 2.16. The SMILES string of the molecule is C=CCOC(=O)N1CC=C(Br)CC1. The third kappa shape index (κ3) is 3.22. The first kappa shape index (κ1) is 10.3. The van der Waals surface area contributed by atoms with E-state index in [0.717, 1.165) is 10.9 Å². The lowest BCUT2D eigenvalue weighted by Crippen LogP contribution is -2.34. The minimum absolute atomic E-state index is 0.267. The van der Waals surface area contributed by atoms with E-state index in [1.165, 1.54) is 0 Å². The Kier molecular flexibility index (Phi) is 4.02. The lowest BCUT2D eigenvalue weighted by atomic mass is 10.3. The van der Waals surface area contributed by atoms with Crippen molar-refractivity contribution in [3.63, 3.8) is 0 Å². The average molecular weight is 246 g/mol. The molecule has 0 spiro atoms. The maximum atomic E-state index is 11.3. The van der Waals surface area contributed by atoms with Gasteiger partial charge in [0, 0.05) is 13.1 Å². The van der Waals surface area contributed by atoms with Crippen LogP contribution in [0.3, 0.4) is 0 Å². The van der Waals surface area contributed by atoms with Crippen molar-refractivity contribution >= 4 is 22.0 Å². The maximum Gasteiger partial charge on any atom is 0.410 e. The Morgan fingerprint density at radius 3 is 3.15 bits per heavy atom. The number of nitrogens with zero attached hydrogens (tertiary/aromatic N) is 1. The van der Waals surface area contributed by atoms with Gasteiger partial charge in [0.1, 0.15) is 6.61 Å². The molecule has 0 radical (unpaired) electrons. The molecule has 3 nitrogen and oxygen atoms in total. The molecule has 0 bridgehead atoms. The van der Waals surface area contributed by atoms with Crippen molar-refractivity contribution in [2.75, 3.05) is 19.7 Å². The molecular weight excluding hydrogens is 234 g/mol. The third-order valence-corrected chi connectivity index (χ3v) is 2.46. The number of carbonyl (C=O) groups excluding carboxylic acids is 1. The molecule has 1 aliphatic rings. The van der Waals surface area contributed by atoms with E-state index in [4.69, 9.17) is 4.74 Å². The molecule has 0 unspecified atom stereocenters. The van der Waals surface area contributed by atoms with Gasteiger partial charge in [0.2, 0.25) is 0 Å². The molecule has 1 heterocycles. The van der Waals surface area contributed by atoms with Crippen LogP contribution in [0.2, 0.25) is 0 Å². The number of hydrogen-bond donors (Lipinski definition) is 0. The molecule has 0 N–H and O–H groups in total. The molecule has 13 heavy (non-hydrogen) atoms. The Labute approximate surface area is 86.2 Å². The standard InChI is InChI=1S/C9H12BrNO2/c1-2-7-13-9(12)11-5-3-8(10)4-6-11/h2-3H,1,4-7H2. The first-order valence-electron chi connectivity index (χ1n) is 4.11. The van der Waals surface area contributed by atoms with E-state index in [9.17, 15) is 4.79 Å². The second-order valence-electron chi connectivity index (χ2n) is 2.71. The Balaban J connectivity index is 2.36. The van der Waals surface area contributed by atoms with E-state index >= 15 is 0 Å². The average Bonchev–Trinajstić information content (AvgIpc) is 2.15. The number of rotatable bonds is 2. The zero-order chi connectivity index (χ0) is 9.68. The number of amides is 1. The molecule has 4 heteroatoms. The van der Waals surface area contributed by atoms with Crippen LogP contribution in [0, 0.1) is 0 Å². The van der Waals surface area contributed by atoms with Gasteiger partial charge < -0.3 is 9.64 Å². The van der Waals surface area contributed by atoms with Crippen LogP contribution in [0.1, 0.15) is 6.42 Å². The zero-order valence-corrected chi connectivity index (χ0v) is 8.92. The lowest BCUT2D eigenvalue weighted by Gasteiger charge is -2.23. The summed E-state index contributed by atoms with van der Waals surface area (Å²) in [7, 11) is 0. The molecule has 0 atom stereocenters. The van der Waals surface area contributed by atoms with E-state index in [-0.39, 0.29) is 12.7 Å². The lowest BCUT2D eigenvalue weighted by molar-refractivity contribution is 0.116. The van der Waals surface area contributed by atoms with Crippen LogP contribution in [0.5, 0.6) is 0 Å². The van der Waals surface area contributed by atoms with E-state index in [0.29, 0.717) is 13.1 Å². The minimum atomic E-state index is -0.267. The fraction of sp³-hybridized carbons (Fsp3) is 0.444. The number of carbonyl (C=O) groups is 1. The Morgan fingerprint density at radius 1 is 1.85 bits per heavy atom. The molecule has 0 aromatic rings. The van der Waals surface area contributed by atoms with Gasteiger partial charge >= 0.3 is 6.09 Å². The Hall–Kier alpha value is -0.770. The molecule has 0 fully saturated rings. The van der Waals surface area contributed by atoms with Crippen LogP contribution in [0.4, 0.5) is 4.79 Å². The highest BCUT2D eigenvalue weighted by molar-refractivity contribution is 9.11. The van der Waals surface area contributed by atoms with Gasteiger partial charge in [-0.3, -0.25) is 0 Å². The normalized spacial score (nSPS) is 16.4. The number of ether oxygens (including phenoxy) is 1. The monoisotopic (exact) mass is 245 g/mol. The fourth-order valence-corrected chi connectivity index (χ4v) is 1.35. The minimum Gasteiger partial charge on any atom is -0.445 e. The van der Waals surface area contributed by atoms with Crippen molar-refractivity contribution in [3.8, 4) is 0 Å². The number of halogens is 1. The Bertz CT molecular complexity index is 238. The summed E-state index contributed by atoms with van der Waals surface area (Å²) in [5.41, 5.74) is 0. The summed E-state index contributed by atoms with van der Waals surface area (Å²) in [5, 5.41) is 0. The first-order chi connectivity index (χ1) is 6.24. The summed E-state index contributed by atoms with van der Waals surface area (Å²) in [6, 6.07) is 0. The molecule has 0 saturated heterocycles. The molecule has 0 aromatic carbocycles. The predicted octanol–water partition coefficient (Wildman–Crippen LogP) is 2.29. The fourth-order valence-electron chi connectivity index (χ4n) is 1.03. The van der Waals surface area contributed by atoms with E-state index in [2.05, 4.69) is 22.5 Å². The van der Waals surface area contributed by atoms with Crippen LogP contribution >= 0.6 is 15.9 Å². The van der Waals surface area contributed by atoms with E-state index in [1.807, 2.05) is 6.08 Å². The van der Waals surface area contributed by atoms with Gasteiger partial charge in [-0.15, -0.1) is 0 Å². The molecule has 0 aromatic heterocycles. The van der Waals surface area contributed by atoms with Crippen molar-refractivity contribution in [1.82, 2.24) is 4.90 Å². The van der Waals surface area contributed by atoms with Crippen molar-refractivity contribution in [2.45, 2.75) is 6.42 Å². The summed E-state index contributed by atoms with van der Waals surface area (Å²) < 4.78 is 6.04. The molecule has 72 valence electrons. The predicted molar refractivity (Wildman–Crippen MR) is 54.7 cm³/mol. The van der Waals surface area contributed by atoms with Crippen LogP contribution in [-0.4, -0.2) is 30.7 Å². The molecule has 1 rings (SSSR count). The van der Waals surface area contributed by atoms with Gasteiger partial charge in [-0.2, -0.15) is 0 Å². The van der Waals surface area contributed by atoms with Crippen molar-refractivity contribution < 1.29 is 9.53 Å². The van der Waals surface area contributed by atoms with Crippen molar-refractivity contribution in [2.24, 2.45) is 0 Å². The van der Waals surface area contributed by atoms with Crippen molar-refractivity contribution in [3.05, 3.63) is 23.2 Å². The Morgan fingerprint density at radius 2 is 2.62 bits per heavy atom. The van der Waals surface area contributed by atoms with Crippen LogP contribution in [0.25, 0.3) is 0 Å². The topological polar surface area (TPSA) is 29.5 Å². The molecule has 0 saturated carbocycles. The number of hydrogen-bond acceptors (Lipinski definition) is 2. The van der Waals surface area contributed by atoms with Gasteiger partial charge in [0.05, 0.1) is 0 Å². The quantitative estimate of drug-likeness (QED) is 0.699. The van der Waals surface area contributed by atoms with Crippen LogP contribution in [0.15, 0.2) is 23.2 Å². The second kappa shape index (κ2) is 5.07. The van der Waals surface area contributed by atoms with Crippen LogP contribution in [-0.2, 0) is 4.74 Å². The van der Waals surface area contributed by atoms with E-state index in [1.54, 1.807) is 11.0 Å². The molecule has 1 aliphatic heterocycles. The highest BCUT2D eigenvalue weighted by Crippen LogP contribution is 2.16. The third-order valence-electron chi connectivity index (χ3n) is 1.74. The summed E-state index contributed by atoms with van der Waals surface area (Å²) in [6.07, 6.45) is 4.13. The van der Waals surface area contributed by atoms with Crippen LogP contribution < -0.4 is 0 Å². The summed E-state index contributed by atoms with van der Waals surface area (Å²) in [6.45, 7) is 5.09. The second-order valence-corrected chi connectivity index (χ2v) is 3.73. The molecule has 0 aliphatic carbocycles. The molecule has 1 amide bonds. The van der Waals surface area contributed by atoms with Gasteiger partial charge in [-0.25, -0.2) is 4.79 Å². The maximum absolute atomic E-state index is 11.3. The largest absolute Gasteiger partial charge is 0.445 e. The summed E-state index contributed by atoms with van der Waals surface area (Å²) in [5.74, 6) is 0. The van der Waals surface area contributed by atoms with Gasteiger partial charge in [-0.1, -0.05) is 34.7 Å². The smallest absolute Gasteiger partial charge is 0.410 e. The van der Waals surface area contributed by atoms with Crippen molar-refractivity contribution in [1.29, 1.82) is 0 Å². The van der Waals surface area contributed by atoms with Gasteiger partial charge in [0.25, 0.3) is 0 Å². The zero-order valence-electron chi connectivity index (χ0n) is 7.33. The van der Waals surface area contributed by atoms with Gasteiger partial charge in [0.15, 0.2) is 0 Å². The molecular formula is C9H12BrNO2. The first-order valence-corrected chi connectivity index (χ1v) is 4.90. The highest BCUT2D eigenvalue weighted by atomic mass is 79.9. The summed E-state index contributed by atoms with van der Waals surface area (Å²) in [4.78, 5) is 12.9. The van der Waals surface area contributed by atoms with E-state index < -0.39 is 0 Å². The van der Waals surface area contributed by atoms with Gasteiger partial charge in [-0.05, 0) is 10.9 Å².